The molecule has 1 aliphatic rings. The Hall–Kier alpha value is -2.24. The normalized spacial score (nSPS) is 14.3. The first-order chi connectivity index (χ1) is 9.61. The van der Waals surface area contributed by atoms with E-state index in [4.69, 9.17) is 0 Å². The largest absolute Gasteiger partial charge is 0.381 e. The molecule has 1 aromatic carbocycles. The van der Waals surface area contributed by atoms with Crippen LogP contribution in [0.5, 0.6) is 0 Å². The van der Waals surface area contributed by atoms with Gasteiger partial charge in [0.1, 0.15) is 11.6 Å². The quantitative estimate of drug-likeness (QED) is 0.931. The molecule has 0 aliphatic heterocycles. The van der Waals surface area contributed by atoms with Gasteiger partial charge in [0.25, 0.3) is 5.56 Å². The highest BCUT2D eigenvalue weighted by Crippen LogP contribution is 2.23. The van der Waals surface area contributed by atoms with E-state index in [2.05, 4.69) is 10.4 Å². The molecule has 1 N–H and O–H groups in total. The summed E-state index contributed by atoms with van der Waals surface area (Å²) in [5.74, 6) is -1.32. The van der Waals surface area contributed by atoms with Crippen molar-refractivity contribution in [1.82, 2.24) is 9.78 Å². The van der Waals surface area contributed by atoms with E-state index in [1.165, 1.54) is 12.1 Å². The van der Waals surface area contributed by atoms with Crippen molar-refractivity contribution < 1.29 is 8.78 Å². The molecule has 1 aliphatic carbocycles. The van der Waals surface area contributed by atoms with Crippen molar-refractivity contribution >= 4 is 5.69 Å². The average molecular weight is 277 g/mol. The Morgan fingerprint density at radius 1 is 1.30 bits per heavy atom. The smallest absolute Gasteiger partial charge is 0.269 e. The fourth-order valence-electron chi connectivity index (χ4n) is 1.91. The highest BCUT2D eigenvalue weighted by molar-refractivity contribution is 5.41. The lowest BCUT2D eigenvalue weighted by Crippen LogP contribution is -2.23. The maximum Gasteiger partial charge on any atom is 0.269 e. The fraction of sp³-hybridized carbons (Fsp3) is 0.286. The summed E-state index contributed by atoms with van der Waals surface area (Å²) in [6, 6.07) is 5.14. The van der Waals surface area contributed by atoms with Crippen LogP contribution in [0.2, 0.25) is 0 Å². The minimum atomic E-state index is -0.682. The zero-order valence-electron chi connectivity index (χ0n) is 10.6. The molecule has 0 spiro atoms. The average Bonchev–Trinajstić information content (AvgIpc) is 3.19. The van der Waals surface area contributed by atoms with E-state index < -0.39 is 11.6 Å². The van der Waals surface area contributed by atoms with Crippen molar-refractivity contribution in [2.45, 2.75) is 25.4 Å². The van der Waals surface area contributed by atoms with Crippen LogP contribution in [0.4, 0.5) is 14.5 Å². The molecule has 104 valence electrons. The Balaban J connectivity index is 1.81. The third kappa shape index (κ3) is 2.84. The lowest BCUT2D eigenvalue weighted by Gasteiger charge is -2.08. The van der Waals surface area contributed by atoms with E-state index in [1.807, 2.05) is 0 Å². The Labute approximate surface area is 114 Å². The first-order valence-corrected chi connectivity index (χ1v) is 6.39. The third-order valence-corrected chi connectivity index (χ3v) is 3.15. The number of hydrogen-bond acceptors (Lipinski definition) is 3. The second kappa shape index (κ2) is 5.03. The van der Waals surface area contributed by atoms with Crippen molar-refractivity contribution in [3.63, 3.8) is 0 Å². The van der Waals surface area contributed by atoms with Crippen LogP contribution in [0, 0.1) is 11.6 Å². The van der Waals surface area contributed by atoms with E-state index in [0.717, 1.165) is 29.7 Å². The monoisotopic (exact) mass is 277 g/mol. The van der Waals surface area contributed by atoms with Gasteiger partial charge in [-0.3, -0.25) is 4.79 Å². The minimum Gasteiger partial charge on any atom is -0.381 e. The standard InChI is InChI=1S/C14H13F2N3O/c15-10-2-1-9(13(16)5-10)8-19-14(20)6-12(7-17-19)18-11-3-4-11/h1-2,5-7,11,18H,3-4,8H2. The third-order valence-electron chi connectivity index (χ3n) is 3.15. The maximum absolute atomic E-state index is 13.5. The number of benzene rings is 1. The molecule has 4 nitrogen and oxygen atoms in total. The Morgan fingerprint density at radius 3 is 2.75 bits per heavy atom. The van der Waals surface area contributed by atoms with Crippen LogP contribution < -0.4 is 10.9 Å². The molecule has 1 heterocycles. The first-order valence-electron chi connectivity index (χ1n) is 6.39. The molecule has 1 fully saturated rings. The molecule has 0 amide bonds. The summed E-state index contributed by atoms with van der Waals surface area (Å²) in [7, 11) is 0. The van der Waals surface area contributed by atoms with E-state index in [-0.39, 0.29) is 17.7 Å². The van der Waals surface area contributed by atoms with E-state index >= 15 is 0 Å². The van der Waals surface area contributed by atoms with Gasteiger partial charge in [-0.2, -0.15) is 5.10 Å². The molecule has 0 saturated heterocycles. The Bertz CT molecular complexity index is 695. The first kappa shape index (κ1) is 12.8. The number of aromatic nitrogens is 2. The van der Waals surface area contributed by atoms with E-state index in [0.29, 0.717) is 11.7 Å². The zero-order valence-corrected chi connectivity index (χ0v) is 10.6. The molecule has 0 unspecified atom stereocenters. The number of nitrogens with zero attached hydrogens (tertiary/aromatic N) is 2. The van der Waals surface area contributed by atoms with Crippen LogP contribution in [0.1, 0.15) is 18.4 Å². The summed E-state index contributed by atoms with van der Waals surface area (Å²) in [4.78, 5) is 11.9. The van der Waals surface area contributed by atoms with Crippen LogP contribution in [0.3, 0.4) is 0 Å². The molecular weight excluding hydrogens is 264 g/mol. The van der Waals surface area contributed by atoms with Gasteiger partial charge < -0.3 is 5.32 Å². The number of nitrogens with one attached hydrogen (secondary N) is 1. The second-order valence-electron chi connectivity index (χ2n) is 4.89. The van der Waals surface area contributed by atoms with Crippen LogP contribution >= 0.6 is 0 Å². The van der Waals surface area contributed by atoms with Crippen molar-refractivity contribution in [3.05, 3.63) is 58.0 Å². The minimum absolute atomic E-state index is 0.0192. The van der Waals surface area contributed by atoms with Crippen LogP contribution in [0.25, 0.3) is 0 Å². The highest BCUT2D eigenvalue weighted by atomic mass is 19.1. The van der Waals surface area contributed by atoms with Crippen molar-refractivity contribution in [3.8, 4) is 0 Å². The fourth-order valence-corrected chi connectivity index (χ4v) is 1.91. The summed E-state index contributed by atoms with van der Waals surface area (Å²) in [6.07, 6.45) is 3.74. The van der Waals surface area contributed by atoms with Gasteiger partial charge in [0.2, 0.25) is 0 Å². The summed E-state index contributed by atoms with van der Waals surface area (Å²) >= 11 is 0. The highest BCUT2D eigenvalue weighted by Gasteiger charge is 2.21. The molecular formula is C14H13F2N3O. The van der Waals surface area contributed by atoms with Gasteiger partial charge in [-0.25, -0.2) is 13.5 Å². The summed E-state index contributed by atoms with van der Waals surface area (Å²) in [5, 5.41) is 7.17. The molecule has 1 saturated carbocycles. The Morgan fingerprint density at radius 2 is 2.10 bits per heavy atom. The van der Waals surface area contributed by atoms with Gasteiger partial charge in [0.15, 0.2) is 0 Å². The second-order valence-corrected chi connectivity index (χ2v) is 4.89. The summed E-state index contributed by atoms with van der Waals surface area (Å²) in [5.41, 5.74) is 0.580. The van der Waals surface area contributed by atoms with Gasteiger partial charge in [-0.15, -0.1) is 0 Å². The van der Waals surface area contributed by atoms with Crippen molar-refractivity contribution in [2.24, 2.45) is 0 Å². The summed E-state index contributed by atoms with van der Waals surface area (Å²) in [6.45, 7) is -0.0192. The van der Waals surface area contributed by atoms with E-state index in [9.17, 15) is 13.6 Å². The lowest BCUT2D eigenvalue weighted by molar-refractivity contribution is 0.551. The zero-order chi connectivity index (χ0) is 14.1. The van der Waals surface area contributed by atoms with Gasteiger partial charge in [0, 0.05) is 23.7 Å². The molecule has 1 aromatic heterocycles. The molecule has 20 heavy (non-hydrogen) atoms. The Kier molecular flexibility index (Phi) is 3.22. The van der Waals surface area contributed by atoms with Gasteiger partial charge in [0.05, 0.1) is 18.4 Å². The maximum atomic E-state index is 13.5. The van der Waals surface area contributed by atoms with Crippen LogP contribution in [-0.4, -0.2) is 15.8 Å². The molecule has 6 heteroatoms. The topological polar surface area (TPSA) is 46.9 Å². The number of anilines is 1. The van der Waals surface area contributed by atoms with Crippen molar-refractivity contribution in [1.29, 1.82) is 0 Å². The van der Waals surface area contributed by atoms with Gasteiger partial charge >= 0.3 is 0 Å². The predicted octanol–water partition coefficient (Wildman–Crippen LogP) is 2.14. The van der Waals surface area contributed by atoms with Crippen LogP contribution in [0.15, 0.2) is 35.3 Å². The number of halogens is 2. The number of hydrogen-bond donors (Lipinski definition) is 1. The summed E-state index contributed by atoms with van der Waals surface area (Å²) < 4.78 is 27.5. The molecule has 0 atom stereocenters. The molecule has 0 radical (unpaired) electrons. The number of rotatable bonds is 4. The lowest BCUT2D eigenvalue weighted by atomic mass is 10.2. The van der Waals surface area contributed by atoms with Crippen molar-refractivity contribution in [2.75, 3.05) is 5.32 Å². The van der Waals surface area contributed by atoms with Gasteiger partial charge in [-0.05, 0) is 18.9 Å². The van der Waals surface area contributed by atoms with Gasteiger partial charge in [-0.1, -0.05) is 6.07 Å². The molecule has 3 rings (SSSR count). The predicted molar refractivity (Wildman–Crippen MR) is 70.6 cm³/mol. The molecule has 0 bridgehead atoms. The van der Waals surface area contributed by atoms with E-state index in [1.54, 1.807) is 6.20 Å². The molecule has 2 aromatic rings. The van der Waals surface area contributed by atoms with Crippen LogP contribution in [-0.2, 0) is 6.54 Å². The SMILES string of the molecule is O=c1cc(NC2CC2)cnn1Cc1ccc(F)cc1F.